The molecule has 2 atom stereocenters. The molecular formula is C17H21N5O. The molecular weight excluding hydrogens is 290 g/mol. The number of fused-ring (bicyclic) bond motifs is 1. The van der Waals surface area contributed by atoms with Gasteiger partial charge in [0.1, 0.15) is 12.7 Å². The third-order valence-corrected chi connectivity index (χ3v) is 4.99. The Labute approximate surface area is 135 Å². The van der Waals surface area contributed by atoms with Gasteiger partial charge in [0, 0.05) is 24.2 Å². The summed E-state index contributed by atoms with van der Waals surface area (Å²) in [5, 5.41) is 7.32. The number of amides is 1. The van der Waals surface area contributed by atoms with E-state index in [4.69, 9.17) is 0 Å². The number of hydrogen-bond acceptors (Lipinski definition) is 4. The summed E-state index contributed by atoms with van der Waals surface area (Å²) in [5.41, 5.74) is 1.60. The van der Waals surface area contributed by atoms with Crippen LogP contribution in [-0.2, 0) is 0 Å². The predicted octanol–water partition coefficient (Wildman–Crippen LogP) is 1.62. The molecule has 120 valence electrons. The number of piperidine rings is 1. The lowest BCUT2D eigenvalue weighted by molar-refractivity contribution is 0.0915. The fourth-order valence-electron chi connectivity index (χ4n) is 3.77. The summed E-state index contributed by atoms with van der Waals surface area (Å²) in [6, 6.07) is 8.30. The Bertz CT molecular complexity index is 667. The molecule has 0 unspecified atom stereocenters. The van der Waals surface area contributed by atoms with Gasteiger partial charge in [-0.25, -0.2) is 9.67 Å². The van der Waals surface area contributed by atoms with Crippen molar-refractivity contribution >= 4 is 5.91 Å². The third kappa shape index (κ3) is 2.86. The normalized spacial score (nSPS) is 24.3. The smallest absolute Gasteiger partial charge is 0.251 e. The number of nitrogens with one attached hydrogen (secondary N) is 1. The average Bonchev–Trinajstić information content (AvgIpc) is 3.25. The van der Waals surface area contributed by atoms with E-state index in [-0.39, 0.29) is 11.9 Å². The van der Waals surface area contributed by atoms with Crippen LogP contribution in [0, 0.1) is 0 Å². The summed E-state index contributed by atoms with van der Waals surface area (Å²) in [7, 11) is 0. The fourth-order valence-corrected chi connectivity index (χ4v) is 3.77. The molecule has 1 amide bonds. The topological polar surface area (TPSA) is 63.1 Å². The highest BCUT2D eigenvalue weighted by Gasteiger charge is 2.36. The zero-order chi connectivity index (χ0) is 15.6. The van der Waals surface area contributed by atoms with Crippen LogP contribution in [0.5, 0.6) is 0 Å². The van der Waals surface area contributed by atoms with Crippen LogP contribution in [0.1, 0.15) is 36.0 Å². The minimum absolute atomic E-state index is 0.0209. The molecule has 2 fully saturated rings. The molecule has 4 rings (SSSR count). The lowest BCUT2D eigenvalue weighted by Gasteiger charge is -2.32. The van der Waals surface area contributed by atoms with Crippen molar-refractivity contribution in [3.05, 3.63) is 42.5 Å². The monoisotopic (exact) mass is 311 g/mol. The fraction of sp³-hybridized carbons (Fsp3) is 0.471. The van der Waals surface area contributed by atoms with Gasteiger partial charge in [-0.15, -0.1) is 0 Å². The minimum atomic E-state index is 0.0209. The first kappa shape index (κ1) is 14.4. The van der Waals surface area contributed by atoms with E-state index >= 15 is 0 Å². The molecule has 6 heteroatoms. The Balaban J connectivity index is 1.43. The SMILES string of the molecule is O=C(N[C@H]1CCN2CCCC[C@H]12)c1ccc(-n2cncn2)cc1. The molecule has 2 aromatic rings. The summed E-state index contributed by atoms with van der Waals surface area (Å²) in [6.45, 7) is 2.30. The number of nitrogens with zero attached hydrogens (tertiary/aromatic N) is 4. The number of aromatic nitrogens is 3. The van der Waals surface area contributed by atoms with Crippen molar-refractivity contribution in [1.82, 2.24) is 25.0 Å². The van der Waals surface area contributed by atoms with Crippen LogP contribution in [0.25, 0.3) is 5.69 Å². The van der Waals surface area contributed by atoms with E-state index in [1.54, 1.807) is 11.0 Å². The highest BCUT2D eigenvalue weighted by atomic mass is 16.1. The van der Waals surface area contributed by atoms with Crippen LogP contribution in [0.15, 0.2) is 36.9 Å². The first-order valence-electron chi connectivity index (χ1n) is 8.31. The summed E-state index contributed by atoms with van der Waals surface area (Å²) < 4.78 is 1.68. The van der Waals surface area contributed by atoms with E-state index < -0.39 is 0 Å². The molecule has 0 spiro atoms. The summed E-state index contributed by atoms with van der Waals surface area (Å²) in [5.74, 6) is 0.0209. The van der Waals surface area contributed by atoms with Gasteiger partial charge in [-0.05, 0) is 50.1 Å². The highest BCUT2D eigenvalue weighted by molar-refractivity contribution is 5.94. The van der Waals surface area contributed by atoms with Crippen LogP contribution in [0.2, 0.25) is 0 Å². The number of hydrogen-bond donors (Lipinski definition) is 1. The maximum atomic E-state index is 12.5. The molecule has 1 N–H and O–H groups in total. The molecule has 1 aromatic heterocycles. The lowest BCUT2D eigenvalue weighted by Crippen LogP contribution is -2.46. The van der Waals surface area contributed by atoms with Gasteiger partial charge < -0.3 is 5.32 Å². The minimum Gasteiger partial charge on any atom is -0.348 e. The Kier molecular flexibility index (Phi) is 3.83. The Morgan fingerprint density at radius 2 is 2.00 bits per heavy atom. The van der Waals surface area contributed by atoms with Gasteiger partial charge >= 0.3 is 0 Å². The predicted molar refractivity (Wildman–Crippen MR) is 86.4 cm³/mol. The molecule has 0 bridgehead atoms. The standard InChI is InChI=1S/C17H21N5O/c23-17(20-15-8-10-21-9-2-1-3-16(15)21)13-4-6-14(7-5-13)22-12-18-11-19-22/h4-7,11-12,15-16H,1-3,8-10H2,(H,20,23)/t15-,16+/m0/s1. The van der Waals surface area contributed by atoms with Crippen molar-refractivity contribution in [1.29, 1.82) is 0 Å². The maximum Gasteiger partial charge on any atom is 0.251 e. The molecule has 0 saturated carbocycles. The molecule has 23 heavy (non-hydrogen) atoms. The molecule has 3 heterocycles. The van der Waals surface area contributed by atoms with Crippen molar-refractivity contribution in [2.45, 2.75) is 37.8 Å². The average molecular weight is 311 g/mol. The van der Waals surface area contributed by atoms with Gasteiger partial charge in [0.15, 0.2) is 0 Å². The van der Waals surface area contributed by atoms with Crippen molar-refractivity contribution < 1.29 is 4.79 Å². The van der Waals surface area contributed by atoms with Gasteiger partial charge in [0.25, 0.3) is 5.91 Å². The van der Waals surface area contributed by atoms with E-state index in [1.807, 2.05) is 24.3 Å². The highest BCUT2D eigenvalue weighted by Crippen LogP contribution is 2.27. The van der Waals surface area contributed by atoms with E-state index in [0.717, 1.165) is 18.7 Å². The van der Waals surface area contributed by atoms with Crippen LogP contribution in [0.4, 0.5) is 0 Å². The number of carbonyl (C=O) groups is 1. The first-order valence-corrected chi connectivity index (χ1v) is 8.31. The molecule has 0 radical (unpaired) electrons. The van der Waals surface area contributed by atoms with Crippen LogP contribution in [0.3, 0.4) is 0 Å². The largest absolute Gasteiger partial charge is 0.348 e. The van der Waals surface area contributed by atoms with Gasteiger partial charge in [-0.1, -0.05) is 6.42 Å². The van der Waals surface area contributed by atoms with Crippen molar-refractivity contribution in [2.24, 2.45) is 0 Å². The molecule has 2 aliphatic rings. The zero-order valence-electron chi connectivity index (χ0n) is 13.1. The van der Waals surface area contributed by atoms with Gasteiger partial charge in [0.2, 0.25) is 0 Å². The van der Waals surface area contributed by atoms with E-state index in [9.17, 15) is 4.79 Å². The number of rotatable bonds is 3. The van der Waals surface area contributed by atoms with E-state index in [0.29, 0.717) is 11.6 Å². The van der Waals surface area contributed by atoms with E-state index in [1.165, 1.54) is 32.1 Å². The van der Waals surface area contributed by atoms with Crippen molar-refractivity contribution in [3.8, 4) is 5.69 Å². The van der Waals surface area contributed by atoms with Gasteiger partial charge in [0.05, 0.1) is 5.69 Å². The quantitative estimate of drug-likeness (QED) is 0.936. The molecule has 2 aliphatic heterocycles. The summed E-state index contributed by atoms with van der Waals surface area (Å²) >= 11 is 0. The van der Waals surface area contributed by atoms with E-state index in [2.05, 4.69) is 20.3 Å². The maximum absolute atomic E-state index is 12.5. The van der Waals surface area contributed by atoms with Crippen LogP contribution < -0.4 is 5.32 Å². The van der Waals surface area contributed by atoms with Crippen molar-refractivity contribution in [3.63, 3.8) is 0 Å². The second kappa shape index (κ2) is 6.12. The van der Waals surface area contributed by atoms with Crippen molar-refractivity contribution in [2.75, 3.05) is 13.1 Å². The zero-order valence-corrected chi connectivity index (χ0v) is 13.1. The number of carbonyl (C=O) groups excluding carboxylic acids is 1. The second-order valence-corrected chi connectivity index (χ2v) is 6.35. The number of benzene rings is 1. The first-order chi connectivity index (χ1) is 11.3. The lowest BCUT2D eigenvalue weighted by atomic mass is 9.99. The Morgan fingerprint density at radius 1 is 1.13 bits per heavy atom. The molecule has 2 saturated heterocycles. The molecule has 1 aromatic carbocycles. The second-order valence-electron chi connectivity index (χ2n) is 6.35. The molecule has 0 aliphatic carbocycles. The van der Waals surface area contributed by atoms with Crippen LogP contribution >= 0.6 is 0 Å². The Hall–Kier alpha value is -2.21. The van der Waals surface area contributed by atoms with Gasteiger partial charge in [-0.2, -0.15) is 5.10 Å². The Morgan fingerprint density at radius 3 is 2.78 bits per heavy atom. The summed E-state index contributed by atoms with van der Waals surface area (Å²) in [6.07, 6.45) is 7.98. The van der Waals surface area contributed by atoms with Crippen LogP contribution in [-0.4, -0.2) is 50.7 Å². The molecule has 6 nitrogen and oxygen atoms in total. The van der Waals surface area contributed by atoms with Gasteiger partial charge in [-0.3, -0.25) is 9.69 Å². The summed E-state index contributed by atoms with van der Waals surface area (Å²) in [4.78, 5) is 19.0. The third-order valence-electron chi connectivity index (χ3n) is 4.99.